The van der Waals surface area contributed by atoms with Crippen molar-refractivity contribution in [3.05, 3.63) is 0 Å². The first kappa shape index (κ1) is 12.7. The third-order valence-corrected chi connectivity index (χ3v) is 7.03. The molecule has 0 radical (unpaired) electrons. The van der Waals surface area contributed by atoms with Gasteiger partial charge in [0.25, 0.3) is 0 Å². The molecule has 4 saturated carbocycles. The second kappa shape index (κ2) is 4.22. The van der Waals surface area contributed by atoms with Gasteiger partial charge in [-0.1, -0.05) is 0 Å². The van der Waals surface area contributed by atoms with Crippen LogP contribution in [-0.4, -0.2) is 22.2 Å². The molecule has 4 aliphatic carbocycles. The van der Waals surface area contributed by atoms with Crippen LogP contribution in [0, 0.1) is 47.3 Å². The maximum Gasteiger partial charge on any atom is 0.307 e. The van der Waals surface area contributed by atoms with Crippen molar-refractivity contribution in [2.24, 2.45) is 47.3 Å². The minimum atomic E-state index is -0.790. The summed E-state index contributed by atoms with van der Waals surface area (Å²) >= 11 is 0. The summed E-state index contributed by atoms with van der Waals surface area (Å²) in [5.41, 5.74) is 0. The van der Waals surface area contributed by atoms with Crippen LogP contribution in [0.15, 0.2) is 0 Å². The number of carboxylic acids is 2. The Morgan fingerprint density at radius 1 is 0.950 bits per heavy atom. The maximum absolute atomic E-state index is 11.7. The Kier molecular flexibility index (Phi) is 2.67. The normalized spacial score (nSPS) is 51.4. The fraction of sp³-hybridized carbons (Fsp3) is 0.875. The Morgan fingerprint density at radius 3 is 2.20 bits per heavy atom. The largest absolute Gasteiger partial charge is 0.481 e. The molecule has 2 N–H and O–H groups in total. The van der Waals surface area contributed by atoms with Crippen molar-refractivity contribution < 1.29 is 19.8 Å². The molecule has 0 saturated heterocycles. The van der Waals surface area contributed by atoms with Gasteiger partial charge < -0.3 is 10.2 Å². The van der Waals surface area contributed by atoms with Crippen molar-refractivity contribution in [1.29, 1.82) is 0 Å². The van der Waals surface area contributed by atoms with E-state index in [1.165, 1.54) is 19.3 Å². The van der Waals surface area contributed by atoms with Gasteiger partial charge in [0.15, 0.2) is 0 Å². The lowest BCUT2D eigenvalue weighted by Crippen LogP contribution is -2.41. The van der Waals surface area contributed by atoms with Crippen LogP contribution in [0.1, 0.15) is 38.5 Å². The third kappa shape index (κ3) is 1.54. The summed E-state index contributed by atoms with van der Waals surface area (Å²) in [4.78, 5) is 22.5. The molecule has 4 rings (SSSR count). The number of carbonyl (C=O) groups is 2. The molecule has 8 atom stereocenters. The van der Waals surface area contributed by atoms with Gasteiger partial charge in [-0.2, -0.15) is 0 Å². The Balaban J connectivity index is 1.60. The second-order valence-electron chi connectivity index (χ2n) is 7.51. The van der Waals surface area contributed by atoms with Crippen LogP contribution in [0.5, 0.6) is 0 Å². The first-order valence-corrected chi connectivity index (χ1v) is 8.02. The highest BCUT2D eigenvalue weighted by atomic mass is 16.4. The van der Waals surface area contributed by atoms with Gasteiger partial charge in [0.1, 0.15) is 0 Å². The van der Waals surface area contributed by atoms with E-state index in [0.717, 1.165) is 24.2 Å². The van der Waals surface area contributed by atoms with Gasteiger partial charge in [-0.3, -0.25) is 9.59 Å². The van der Waals surface area contributed by atoms with E-state index >= 15 is 0 Å². The van der Waals surface area contributed by atoms with E-state index < -0.39 is 11.9 Å². The number of aliphatic carboxylic acids is 2. The molecule has 4 nitrogen and oxygen atoms in total. The lowest BCUT2D eigenvalue weighted by Gasteiger charge is -2.41. The lowest BCUT2D eigenvalue weighted by molar-refractivity contribution is -0.149. The van der Waals surface area contributed by atoms with Gasteiger partial charge in [0.2, 0.25) is 0 Å². The van der Waals surface area contributed by atoms with Gasteiger partial charge in [0, 0.05) is 6.42 Å². The van der Waals surface area contributed by atoms with E-state index in [1.807, 2.05) is 0 Å². The molecule has 110 valence electrons. The van der Waals surface area contributed by atoms with Gasteiger partial charge in [-0.25, -0.2) is 0 Å². The highest BCUT2D eigenvalue weighted by Crippen LogP contribution is 2.70. The smallest absolute Gasteiger partial charge is 0.307 e. The molecule has 20 heavy (non-hydrogen) atoms. The molecule has 0 heterocycles. The number of hydrogen-bond acceptors (Lipinski definition) is 2. The van der Waals surface area contributed by atoms with Gasteiger partial charge >= 0.3 is 11.9 Å². The fourth-order valence-electron chi connectivity index (χ4n) is 6.76. The molecule has 0 aromatic rings. The summed E-state index contributed by atoms with van der Waals surface area (Å²) in [5, 5.41) is 18.5. The Labute approximate surface area is 118 Å². The van der Waals surface area contributed by atoms with Gasteiger partial charge in [-0.15, -0.1) is 0 Å². The Hall–Kier alpha value is -1.06. The highest BCUT2D eigenvalue weighted by Gasteiger charge is 2.66. The van der Waals surface area contributed by atoms with Gasteiger partial charge in [-0.05, 0) is 73.5 Å². The number of hydrogen-bond donors (Lipinski definition) is 2. The van der Waals surface area contributed by atoms with E-state index in [4.69, 9.17) is 5.11 Å². The summed E-state index contributed by atoms with van der Waals surface area (Å²) in [7, 11) is 0. The van der Waals surface area contributed by atoms with Crippen LogP contribution in [0.3, 0.4) is 0 Å². The Morgan fingerprint density at radius 2 is 1.60 bits per heavy atom. The average Bonchev–Trinajstić information content (AvgIpc) is 3.11. The van der Waals surface area contributed by atoms with Crippen molar-refractivity contribution in [1.82, 2.24) is 0 Å². The number of carboxylic acid groups (broad SMARTS) is 2. The lowest BCUT2D eigenvalue weighted by atomic mass is 9.62. The monoisotopic (exact) mass is 278 g/mol. The topological polar surface area (TPSA) is 74.6 Å². The van der Waals surface area contributed by atoms with Gasteiger partial charge in [0.05, 0.1) is 5.92 Å². The van der Waals surface area contributed by atoms with E-state index in [1.54, 1.807) is 0 Å². The van der Waals surface area contributed by atoms with Crippen molar-refractivity contribution in [2.75, 3.05) is 0 Å². The van der Waals surface area contributed by atoms with Crippen molar-refractivity contribution in [3.8, 4) is 0 Å². The fourth-order valence-corrected chi connectivity index (χ4v) is 6.76. The van der Waals surface area contributed by atoms with Crippen LogP contribution in [0.4, 0.5) is 0 Å². The first-order valence-electron chi connectivity index (χ1n) is 8.02. The molecular weight excluding hydrogens is 256 g/mol. The number of rotatable bonds is 4. The van der Waals surface area contributed by atoms with E-state index in [9.17, 15) is 14.7 Å². The quantitative estimate of drug-likeness (QED) is 0.775. The summed E-state index contributed by atoms with van der Waals surface area (Å²) in [6.45, 7) is 0. The molecule has 0 aromatic carbocycles. The minimum absolute atomic E-state index is 0.120. The predicted octanol–water partition coefficient (Wildman–Crippen LogP) is 2.48. The predicted molar refractivity (Wildman–Crippen MR) is 70.9 cm³/mol. The van der Waals surface area contributed by atoms with E-state index in [2.05, 4.69) is 0 Å². The first-order chi connectivity index (χ1) is 9.58. The molecule has 4 heteroatoms. The van der Waals surface area contributed by atoms with Crippen LogP contribution < -0.4 is 0 Å². The van der Waals surface area contributed by atoms with Crippen molar-refractivity contribution in [3.63, 3.8) is 0 Å². The van der Waals surface area contributed by atoms with Crippen LogP contribution in [0.25, 0.3) is 0 Å². The zero-order valence-corrected chi connectivity index (χ0v) is 11.6. The summed E-state index contributed by atoms with van der Waals surface area (Å²) in [5.74, 6) is 2.22. The average molecular weight is 278 g/mol. The van der Waals surface area contributed by atoms with E-state index in [-0.39, 0.29) is 18.3 Å². The highest BCUT2D eigenvalue weighted by molar-refractivity contribution is 5.72. The second-order valence-corrected chi connectivity index (χ2v) is 7.51. The molecule has 0 spiro atoms. The van der Waals surface area contributed by atoms with Crippen LogP contribution in [0.2, 0.25) is 0 Å². The SMILES string of the molecule is O=C(O)CC[C@H]1[C@H]2C[C@H]([C@H]1C(=O)O)[C@@H]1[C@@H]3CC[C@@H](C3)[C@@H]21. The van der Waals surface area contributed by atoms with Crippen molar-refractivity contribution >= 4 is 11.9 Å². The summed E-state index contributed by atoms with van der Waals surface area (Å²) < 4.78 is 0. The zero-order valence-electron chi connectivity index (χ0n) is 11.6. The molecule has 0 aliphatic heterocycles. The van der Waals surface area contributed by atoms with Crippen LogP contribution >= 0.6 is 0 Å². The summed E-state index contributed by atoms with van der Waals surface area (Å²) in [6.07, 6.45) is 5.71. The van der Waals surface area contributed by atoms with Crippen molar-refractivity contribution in [2.45, 2.75) is 38.5 Å². The molecular formula is C16H22O4. The molecule has 0 aromatic heterocycles. The maximum atomic E-state index is 11.7. The zero-order chi connectivity index (χ0) is 14.0. The standard InChI is InChI=1S/C16H22O4/c17-12(18)4-3-9-10-6-11(15(9)16(19)20)14-8-2-1-7(5-8)13(10)14/h7-11,13-15H,1-6H2,(H,17,18)(H,19,20)/t7-,8+,9-,10+,11-,13-,14-,15-/m0/s1. The Bertz CT molecular complexity index is 459. The molecule has 0 amide bonds. The van der Waals surface area contributed by atoms with E-state index in [0.29, 0.717) is 24.2 Å². The number of fused-ring (bicyclic) bond motifs is 9. The molecule has 0 unspecified atom stereocenters. The third-order valence-electron chi connectivity index (χ3n) is 7.03. The molecule has 4 fully saturated rings. The molecule has 4 aliphatic rings. The molecule has 4 bridgehead atoms. The van der Waals surface area contributed by atoms with Crippen LogP contribution in [-0.2, 0) is 9.59 Å². The minimum Gasteiger partial charge on any atom is -0.481 e. The summed E-state index contributed by atoms with van der Waals surface area (Å²) in [6, 6.07) is 0.